The van der Waals surface area contributed by atoms with Crippen LogP contribution in [0, 0.1) is 0 Å². The number of anilines is 1. The van der Waals surface area contributed by atoms with E-state index in [1.165, 1.54) is 5.56 Å². The van der Waals surface area contributed by atoms with Crippen LogP contribution in [-0.4, -0.2) is 24.6 Å². The van der Waals surface area contributed by atoms with E-state index >= 15 is 0 Å². The minimum Gasteiger partial charge on any atom is -0.312 e. The molecule has 0 saturated carbocycles. The molecule has 0 saturated heterocycles. The number of carbonyl (C=O) groups is 2. The summed E-state index contributed by atoms with van der Waals surface area (Å²) in [4.78, 5) is 26.5. The summed E-state index contributed by atoms with van der Waals surface area (Å²) in [6.45, 7) is 0.705. The highest BCUT2D eigenvalue weighted by Crippen LogP contribution is 2.27. The van der Waals surface area contributed by atoms with E-state index in [0.29, 0.717) is 6.54 Å². The fourth-order valence-electron chi connectivity index (χ4n) is 3.74. The average molecular weight is 385 g/mol. The van der Waals surface area contributed by atoms with Crippen LogP contribution in [0.3, 0.4) is 0 Å². The molecule has 0 fully saturated rings. The van der Waals surface area contributed by atoms with Gasteiger partial charge in [-0.2, -0.15) is 5.10 Å². The van der Waals surface area contributed by atoms with Gasteiger partial charge >= 0.3 is 0 Å². The fourth-order valence-corrected chi connectivity index (χ4v) is 3.74. The van der Waals surface area contributed by atoms with Crippen LogP contribution < -0.4 is 10.3 Å². The number of carbonyl (C=O) groups excluding carboxylic acids is 2. The highest BCUT2D eigenvalue weighted by Gasteiger charge is 2.22. The Kier molecular flexibility index (Phi) is 5.66. The number of hydrazone groups is 1. The molecule has 3 aromatic rings. The first-order chi connectivity index (χ1) is 14.2. The molecule has 0 spiro atoms. The Bertz CT molecular complexity index is 1070. The van der Waals surface area contributed by atoms with Crippen molar-refractivity contribution in [2.75, 3.05) is 11.4 Å². The molecule has 2 amide bonds. The van der Waals surface area contributed by atoms with Crippen molar-refractivity contribution < 1.29 is 9.59 Å². The maximum Gasteiger partial charge on any atom is 0.240 e. The lowest BCUT2D eigenvalue weighted by Crippen LogP contribution is -2.36. The van der Waals surface area contributed by atoms with Crippen LogP contribution in [0.15, 0.2) is 71.8 Å². The number of amides is 2. The van der Waals surface area contributed by atoms with Gasteiger partial charge in [-0.3, -0.25) is 9.59 Å². The van der Waals surface area contributed by atoms with Crippen molar-refractivity contribution in [3.8, 4) is 0 Å². The number of rotatable bonds is 5. The Morgan fingerprint density at radius 1 is 0.966 bits per heavy atom. The highest BCUT2D eigenvalue weighted by atomic mass is 16.2. The molecule has 5 nitrogen and oxygen atoms in total. The third-order valence-corrected chi connectivity index (χ3v) is 5.19. The molecule has 29 heavy (non-hydrogen) atoms. The third-order valence-electron chi connectivity index (χ3n) is 5.19. The quantitative estimate of drug-likeness (QED) is 0.532. The van der Waals surface area contributed by atoms with E-state index in [0.717, 1.165) is 34.9 Å². The molecule has 0 aromatic heterocycles. The number of nitrogens with zero attached hydrogens (tertiary/aromatic N) is 2. The van der Waals surface area contributed by atoms with Crippen molar-refractivity contribution in [2.45, 2.75) is 25.7 Å². The van der Waals surface area contributed by atoms with Crippen molar-refractivity contribution in [1.82, 2.24) is 5.43 Å². The predicted molar refractivity (Wildman–Crippen MR) is 116 cm³/mol. The summed E-state index contributed by atoms with van der Waals surface area (Å²) in [6.07, 6.45) is 3.87. The number of fused-ring (bicyclic) bond motifs is 2. The van der Waals surface area contributed by atoms with Gasteiger partial charge in [0.2, 0.25) is 11.8 Å². The zero-order chi connectivity index (χ0) is 20.1. The summed E-state index contributed by atoms with van der Waals surface area (Å²) in [7, 11) is 0. The molecule has 0 aliphatic carbocycles. The molecule has 4 rings (SSSR count). The molecule has 3 aromatic carbocycles. The van der Waals surface area contributed by atoms with Crippen molar-refractivity contribution >= 4 is 34.5 Å². The normalized spacial score (nSPS) is 13.4. The van der Waals surface area contributed by atoms with E-state index in [4.69, 9.17) is 0 Å². The molecule has 1 N–H and O–H groups in total. The number of nitrogens with one attached hydrogen (secondary N) is 1. The van der Waals surface area contributed by atoms with Crippen molar-refractivity contribution in [1.29, 1.82) is 0 Å². The van der Waals surface area contributed by atoms with Gasteiger partial charge in [-0.15, -0.1) is 0 Å². The first kappa shape index (κ1) is 18.9. The van der Waals surface area contributed by atoms with Gasteiger partial charge in [0.05, 0.1) is 6.21 Å². The third kappa shape index (κ3) is 4.35. The Morgan fingerprint density at radius 3 is 2.69 bits per heavy atom. The summed E-state index contributed by atoms with van der Waals surface area (Å²) >= 11 is 0. The van der Waals surface area contributed by atoms with Crippen LogP contribution >= 0.6 is 0 Å². The van der Waals surface area contributed by atoms with Crippen LogP contribution in [0.4, 0.5) is 5.69 Å². The highest BCUT2D eigenvalue weighted by molar-refractivity contribution is 6.00. The first-order valence-electron chi connectivity index (χ1n) is 9.90. The van der Waals surface area contributed by atoms with Crippen LogP contribution in [0.1, 0.15) is 30.4 Å². The van der Waals surface area contributed by atoms with Gasteiger partial charge in [0.25, 0.3) is 0 Å². The van der Waals surface area contributed by atoms with Gasteiger partial charge in [-0.25, -0.2) is 5.43 Å². The Balaban J connectivity index is 1.32. The Labute approximate surface area is 170 Å². The van der Waals surface area contributed by atoms with Crippen molar-refractivity contribution in [3.05, 3.63) is 77.9 Å². The second-order valence-electron chi connectivity index (χ2n) is 7.14. The number of hydrogen-bond donors (Lipinski definition) is 1. The lowest BCUT2D eigenvalue weighted by Gasteiger charge is -2.29. The molecule has 1 aliphatic rings. The summed E-state index contributed by atoms with van der Waals surface area (Å²) in [5.41, 5.74) is 5.63. The maximum atomic E-state index is 12.6. The topological polar surface area (TPSA) is 61.8 Å². The summed E-state index contributed by atoms with van der Waals surface area (Å²) in [5, 5.41) is 6.27. The minimum atomic E-state index is -0.264. The van der Waals surface area contributed by atoms with Crippen molar-refractivity contribution in [3.63, 3.8) is 0 Å². The largest absolute Gasteiger partial charge is 0.312 e. The molecule has 1 heterocycles. The van der Waals surface area contributed by atoms with Crippen molar-refractivity contribution in [2.24, 2.45) is 5.10 Å². The average Bonchev–Trinajstić information content (AvgIpc) is 2.77. The lowest BCUT2D eigenvalue weighted by molar-refractivity contribution is -0.125. The zero-order valence-corrected chi connectivity index (χ0v) is 16.2. The van der Waals surface area contributed by atoms with E-state index in [1.54, 1.807) is 11.1 Å². The van der Waals surface area contributed by atoms with Gasteiger partial charge in [-0.05, 0) is 35.2 Å². The molecule has 146 valence electrons. The number of hydrogen-bond acceptors (Lipinski definition) is 3. The predicted octanol–water partition coefficient (Wildman–Crippen LogP) is 4.05. The fraction of sp³-hybridized carbons (Fsp3) is 0.208. The molecule has 0 bridgehead atoms. The van der Waals surface area contributed by atoms with Gasteiger partial charge in [0, 0.05) is 30.6 Å². The number of aryl methyl sites for hydroxylation is 1. The summed E-state index contributed by atoms with van der Waals surface area (Å²) < 4.78 is 0. The van der Waals surface area contributed by atoms with Crippen LogP contribution in [0.5, 0.6) is 0 Å². The lowest BCUT2D eigenvalue weighted by atomic mass is 10.0. The minimum absolute atomic E-state index is 0.0228. The van der Waals surface area contributed by atoms with Gasteiger partial charge < -0.3 is 4.90 Å². The molecule has 0 radical (unpaired) electrons. The standard InChI is InChI=1S/C24H23N3O2/c28-23(26-25-17-20-10-5-9-18-7-1-3-12-21(18)20)14-15-24(29)27-16-6-11-19-8-2-4-13-22(19)27/h1-5,7-10,12-13,17H,6,11,14-16H2,(H,26,28)/b25-17+. The van der Waals surface area contributed by atoms with Crippen LogP contribution in [0.2, 0.25) is 0 Å². The number of para-hydroxylation sites is 1. The Hall–Kier alpha value is -3.47. The van der Waals surface area contributed by atoms with E-state index in [1.807, 2.05) is 60.7 Å². The number of benzene rings is 3. The zero-order valence-electron chi connectivity index (χ0n) is 16.2. The second-order valence-corrected chi connectivity index (χ2v) is 7.14. The second kappa shape index (κ2) is 8.69. The van der Waals surface area contributed by atoms with Gasteiger partial charge in [-0.1, -0.05) is 60.7 Å². The van der Waals surface area contributed by atoms with E-state index in [2.05, 4.69) is 16.6 Å². The Morgan fingerprint density at radius 2 is 1.76 bits per heavy atom. The summed E-state index contributed by atoms with van der Waals surface area (Å²) in [5.74, 6) is -0.287. The van der Waals surface area contributed by atoms with Gasteiger partial charge in [0.1, 0.15) is 0 Å². The van der Waals surface area contributed by atoms with Crippen LogP contribution in [-0.2, 0) is 16.0 Å². The van der Waals surface area contributed by atoms with E-state index in [-0.39, 0.29) is 24.7 Å². The molecule has 1 aliphatic heterocycles. The molecule has 0 atom stereocenters. The molecule has 0 unspecified atom stereocenters. The smallest absolute Gasteiger partial charge is 0.240 e. The van der Waals surface area contributed by atoms with E-state index in [9.17, 15) is 9.59 Å². The maximum absolute atomic E-state index is 12.6. The summed E-state index contributed by atoms with van der Waals surface area (Å²) in [6, 6.07) is 21.9. The first-order valence-corrected chi connectivity index (χ1v) is 9.90. The van der Waals surface area contributed by atoms with E-state index < -0.39 is 0 Å². The molecular weight excluding hydrogens is 362 g/mol. The SMILES string of the molecule is O=C(CCC(=O)N1CCCc2ccccc21)N/N=C/c1cccc2ccccc12. The molecular formula is C24H23N3O2. The molecule has 5 heteroatoms. The van der Waals surface area contributed by atoms with Crippen LogP contribution in [0.25, 0.3) is 10.8 Å². The monoisotopic (exact) mass is 385 g/mol. The van der Waals surface area contributed by atoms with Gasteiger partial charge in [0.15, 0.2) is 0 Å².